The van der Waals surface area contributed by atoms with E-state index in [4.69, 9.17) is 16.3 Å². The van der Waals surface area contributed by atoms with Gasteiger partial charge in [0, 0.05) is 22.2 Å². The van der Waals surface area contributed by atoms with Crippen LogP contribution >= 0.6 is 11.6 Å². The summed E-state index contributed by atoms with van der Waals surface area (Å²) >= 11 is 6.36. The molecule has 0 aliphatic carbocycles. The van der Waals surface area contributed by atoms with E-state index in [-0.39, 0.29) is 5.54 Å². The molecule has 18 heavy (non-hydrogen) atoms. The molecule has 0 aliphatic heterocycles. The Kier molecular flexibility index (Phi) is 3.30. The maximum absolute atomic E-state index is 6.36. The predicted octanol–water partition coefficient (Wildman–Crippen LogP) is 3.59. The average molecular weight is 267 g/mol. The van der Waals surface area contributed by atoms with Crippen LogP contribution in [0.2, 0.25) is 5.02 Å². The molecule has 4 heteroatoms. The third-order valence-corrected chi connectivity index (χ3v) is 3.84. The smallest absolute Gasteiger partial charge is 0.143 e. The molecule has 2 N–H and O–H groups in total. The van der Waals surface area contributed by atoms with Gasteiger partial charge in [0.05, 0.1) is 17.6 Å². The third kappa shape index (κ3) is 1.88. The van der Waals surface area contributed by atoms with Gasteiger partial charge in [-0.2, -0.15) is 0 Å². The first kappa shape index (κ1) is 13.2. The molecular weight excluding hydrogens is 248 g/mol. The molecule has 3 nitrogen and oxygen atoms in total. The Morgan fingerprint density at radius 3 is 2.56 bits per heavy atom. The number of rotatable bonds is 3. The first-order valence-electron chi connectivity index (χ1n) is 5.96. The zero-order chi connectivity index (χ0) is 13.5. The zero-order valence-electron chi connectivity index (χ0n) is 11.4. The van der Waals surface area contributed by atoms with Gasteiger partial charge in [-0.25, -0.2) is 0 Å². The van der Waals surface area contributed by atoms with Crippen LogP contribution in [0.1, 0.15) is 25.1 Å². The van der Waals surface area contributed by atoms with Crippen LogP contribution in [0, 0.1) is 6.92 Å². The molecule has 1 heterocycles. The molecule has 0 saturated heterocycles. The van der Waals surface area contributed by atoms with Crippen molar-refractivity contribution in [3.05, 3.63) is 28.4 Å². The fraction of sp³-hybridized carbons (Fsp3) is 0.429. The van der Waals surface area contributed by atoms with E-state index in [1.54, 1.807) is 7.11 Å². The first-order valence-corrected chi connectivity index (χ1v) is 6.34. The average Bonchev–Trinajstić information content (AvgIpc) is 2.68. The van der Waals surface area contributed by atoms with Gasteiger partial charge in [-0.15, -0.1) is 0 Å². The molecule has 0 aliphatic rings. The van der Waals surface area contributed by atoms with Crippen molar-refractivity contribution in [1.82, 2.24) is 10.3 Å². The van der Waals surface area contributed by atoms with E-state index in [1.807, 2.05) is 19.2 Å². The number of ether oxygens (including phenoxy) is 1. The number of hydrogen-bond acceptors (Lipinski definition) is 2. The Hall–Kier alpha value is -1.19. The van der Waals surface area contributed by atoms with E-state index in [9.17, 15) is 0 Å². The molecule has 98 valence electrons. The fourth-order valence-electron chi connectivity index (χ4n) is 2.44. The highest BCUT2D eigenvalue weighted by Gasteiger charge is 2.26. The highest BCUT2D eigenvalue weighted by molar-refractivity contribution is 6.36. The summed E-state index contributed by atoms with van der Waals surface area (Å²) in [4.78, 5) is 3.38. The lowest BCUT2D eigenvalue weighted by Crippen LogP contribution is -2.33. The number of methoxy groups -OCH3 is 1. The number of nitrogens with one attached hydrogen (secondary N) is 2. The van der Waals surface area contributed by atoms with E-state index < -0.39 is 0 Å². The maximum Gasteiger partial charge on any atom is 0.143 e. The normalized spacial score (nSPS) is 12.1. The van der Waals surface area contributed by atoms with Gasteiger partial charge in [0.25, 0.3) is 0 Å². The van der Waals surface area contributed by atoms with Crippen molar-refractivity contribution in [2.45, 2.75) is 26.3 Å². The van der Waals surface area contributed by atoms with Gasteiger partial charge in [-0.05, 0) is 40.0 Å². The number of benzene rings is 1. The quantitative estimate of drug-likeness (QED) is 0.891. The summed E-state index contributed by atoms with van der Waals surface area (Å²) in [5.41, 5.74) is 3.10. The predicted molar refractivity (Wildman–Crippen MR) is 76.7 cm³/mol. The molecule has 0 radical (unpaired) electrons. The Morgan fingerprint density at radius 2 is 2.00 bits per heavy atom. The second-order valence-corrected chi connectivity index (χ2v) is 5.41. The number of fused-ring (bicyclic) bond motifs is 1. The molecule has 1 aromatic heterocycles. The fourth-order valence-corrected chi connectivity index (χ4v) is 2.69. The van der Waals surface area contributed by atoms with Crippen molar-refractivity contribution in [2.75, 3.05) is 14.2 Å². The van der Waals surface area contributed by atoms with Crippen molar-refractivity contribution >= 4 is 22.5 Å². The summed E-state index contributed by atoms with van der Waals surface area (Å²) in [6.45, 7) is 6.33. The number of aryl methyl sites for hydroxylation is 1. The molecule has 0 saturated carbocycles. The largest absolute Gasteiger partial charge is 0.495 e. The van der Waals surface area contributed by atoms with Crippen LogP contribution in [0.25, 0.3) is 10.9 Å². The van der Waals surface area contributed by atoms with Crippen LogP contribution < -0.4 is 10.1 Å². The number of halogens is 1. The van der Waals surface area contributed by atoms with E-state index in [1.165, 1.54) is 5.56 Å². The topological polar surface area (TPSA) is 37.0 Å². The lowest BCUT2D eigenvalue weighted by Gasteiger charge is -2.25. The van der Waals surface area contributed by atoms with Crippen LogP contribution in [0.4, 0.5) is 0 Å². The lowest BCUT2D eigenvalue weighted by molar-refractivity contribution is 0.419. The van der Waals surface area contributed by atoms with E-state index in [2.05, 4.69) is 31.1 Å². The zero-order valence-corrected chi connectivity index (χ0v) is 12.2. The summed E-state index contributed by atoms with van der Waals surface area (Å²) in [5.74, 6) is 0.815. The summed E-state index contributed by atoms with van der Waals surface area (Å²) < 4.78 is 5.39. The molecule has 0 unspecified atom stereocenters. The molecule has 0 bridgehead atoms. The summed E-state index contributed by atoms with van der Waals surface area (Å²) in [5, 5.41) is 5.10. The molecule has 2 rings (SSSR count). The van der Waals surface area contributed by atoms with E-state index in [0.29, 0.717) is 0 Å². The number of H-pyrrole nitrogens is 1. The third-order valence-electron chi connectivity index (χ3n) is 3.52. The minimum Gasteiger partial charge on any atom is -0.495 e. The summed E-state index contributed by atoms with van der Waals surface area (Å²) in [6.07, 6.45) is 0. The van der Waals surface area contributed by atoms with Crippen LogP contribution in [-0.4, -0.2) is 19.1 Å². The summed E-state index contributed by atoms with van der Waals surface area (Å²) in [7, 11) is 3.62. The lowest BCUT2D eigenvalue weighted by atomic mass is 9.91. The highest BCUT2D eigenvalue weighted by atomic mass is 35.5. The first-order chi connectivity index (χ1) is 8.42. The monoisotopic (exact) mass is 266 g/mol. The van der Waals surface area contributed by atoms with Gasteiger partial charge in [0.15, 0.2) is 0 Å². The Balaban J connectivity index is 2.87. The Labute approximate surface area is 112 Å². The van der Waals surface area contributed by atoms with E-state index >= 15 is 0 Å². The minimum absolute atomic E-state index is 0.154. The highest BCUT2D eigenvalue weighted by Crippen LogP contribution is 2.39. The Morgan fingerprint density at radius 1 is 1.33 bits per heavy atom. The second kappa shape index (κ2) is 4.48. The van der Waals surface area contributed by atoms with Gasteiger partial charge in [-0.1, -0.05) is 11.6 Å². The van der Waals surface area contributed by atoms with Gasteiger partial charge in [0.1, 0.15) is 5.75 Å². The van der Waals surface area contributed by atoms with Crippen LogP contribution in [0.3, 0.4) is 0 Å². The molecule has 2 aromatic rings. The Bertz CT molecular complexity index is 587. The van der Waals surface area contributed by atoms with Crippen molar-refractivity contribution < 1.29 is 4.74 Å². The summed E-state index contributed by atoms with van der Waals surface area (Å²) in [6, 6.07) is 3.77. The van der Waals surface area contributed by atoms with Crippen molar-refractivity contribution in [1.29, 1.82) is 0 Å². The molecule has 0 spiro atoms. The van der Waals surface area contributed by atoms with Crippen LogP contribution in [-0.2, 0) is 5.54 Å². The molecule has 0 atom stereocenters. The van der Waals surface area contributed by atoms with Crippen molar-refractivity contribution in [3.8, 4) is 5.75 Å². The molecule has 1 aromatic carbocycles. The van der Waals surface area contributed by atoms with Crippen LogP contribution in [0.15, 0.2) is 12.1 Å². The van der Waals surface area contributed by atoms with Gasteiger partial charge in [0.2, 0.25) is 0 Å². The molecular formula is C14H19ClN2O. The van der Waals surface area contributed by atoms with Gasteiger partial charge in [-0.3, -0.25) is 0 Å². The van der Waals surface area contributed by atoms with Crippen molar-refractivity contribution in [3.63, 3.8) is 0 Å². The van der Waals surface area contributed by atoms with Crippen molar-refractivity contribution in [2.24, 2.45) is 0 Å². The van der Waals surface area contributed by atoms with E-state index in [0.717, 1.165) is 27.4 Å². The SMILES string of the molecule is CNC(C)(C)c1c(C)[nH]c2c(OC)ccc(Cl)c12. The second-order valence-electron chi connectivity index (χ2n) is 5.00. The molecule has 0 amide bonds. The number of aromatic nitrogens is 1. The van der Waals surface area contributed by atoms with Gasteiger partial charge < -0.3 is 15.0 Å². The molecule has 0 fully saturated rings. The van der Waals surface area contributed by atoms with Gasteiger partial charge >= 0.3 is 0 Å². The van der Waals surface area contributed by atoms with Crippen LogP contribution in [0.5, 0.6) is 5.75 Å². The standard InChI is InChI=1S/C14H19ClN2O/c1-8-12(14(2,3)16-4)11-9(15)6-7-10(18-5)13(11)17-8/h6-7,16-17H,1-5H3. The number of hydrogen-bond donors (Lipinski definition) is 2. The minimum atomic E-state index is -0.154. The number of aromatic amines is 1. The maximum atomic E-state index is 6.36.